The second-order valence-electron chi connectivity index (χ2n) is 18.8. The van der Waals surface area contributed by atoms with Crippen LogP contribution in [0.2, 0.25) is 30.9 Å². The van der Waals surface area contributed by atoms with E-state index in [2.05, 4.69) is 60.5 Å². The molecule has 5 fully saturated rings. The number of nitriles is 1. The second kappa shape index (κ2) is 36.5. The van der Waals surface area contributed by atoms with Crippen LogP contribution in [0.3, 0.4) is 0 Å². The van der Waals surface area contributed by atoms with E-state index < -0.39 is 0 Å². The molecule has 5 aromatic heterocycles. The predicted molar refractivity (Wildman–Crippen MR) is 312 cm³/mol. The molecule has 444 valence electrons. The Labute approximate surface area is 499 Å². The fourth-order valence-corrected chi connectivity index (χ4v) is 10.3. The first-order valence-corrected chi connectivity index (χ1v) is 29.1. The van der Waals surface area contributed by atoms with Crippen LogP contribution in [0.1, 0.15) is 158 Å². The van der Waals surface area contributed by atoms with Gasteiger partial charge in [-0.25, -0.2) is 39.3 Å². The monoisotopic (exact) mass is 1230 g/mol. The number of nitrogens with zero attached hydrogens (tertiary/aromatic N) is 9. The Morgan fingerprint density at radius 1 is 0.525 bits per heavy atom. The van der Waals surface area contributed by atoms with E-state index in [0.717, 1.165) is 133 Å². The Kier molecular flexibility index (Phi) is 30.8. The zero-order valence-corrected chi connectivity index (χ0v) is 49.7. The van der Waals surface area contributed by atoms with Crippen LogP contribution in [-0.4, -0.2) is 168 Å². The molecule has 3 amide bonds. The maximum atomic E-state index is 11.5. The molecule has 0 saturated carbocycles. The number of ether oxygens (including phenoxy) is 3. The Hall–Kier alpha value is -4.99. The van der Waals surface area contributed by atoms with Crippen LogP contribution in [0.25, 0.3) is 0 Å². The topological polar surface area (TPSA) is 280 Å². The highest BCUT2D eigenvalue weighted by Crippen LogP contribution is 2.32. The molecule has 0 atom stereocenters. The molecule has 0 unspecified atom stereocenters. The minimum Gasteiger partial charge on any atom is -0.450 e. The number of piperidine rings is 5. The van der Waals surface area contributed by atoms with Crippen LogP contribution in [0.4, 0.5) is 14.4 Å². The minimum absolute atomic E-state index is 0. The third kappa shape index (κ3) is 22.1. The first kappa shape index (κ1) is 67.5. The fraction of sp³-hybridized carbons (Fsp3) is 0.635. The van der Waals surface area contributed by atoms with E-state index in [4.69, 9.17) is 89.1 Å². The molecule has 22 nitrogen and oxygen atoms in total. The highest BCUT2D eigenvalue weighted by Gasteiger charge is 2.29. The summed E-state index contributed by atoms with van der Waals surface area (Å²) in [5.41, 5.74) is 0. The third-order valence-electron chi connectivity index (χ3n) is 13.6. The van der Waals surface area contributed by atoms with Crippen LogP contribution in [0, 0.1) is 11.3 Å². The van der Waals surface area contributed by atoms with Crippen LogP contribution < -0.4 is 10.6 Å². The van der Waals surface area contributed by atoms with Crippen molar-refractivity contribution in [1.82, 2.24) is 75.2 Å². The molecule has 0 aromatic carbocycles. The smallest absolute Gasteiger partial charge is 0.409 e. The van der Waals surface area contributed by atoms with Crippen molar-refractivity contribution in [2.45, 2.75) is 129 Å². The van der Waals surface area contributed by atoms with Crippen LogP contribution in [-0.2, 0) is 14.2 Å². The van der Waals surface area contributed by atoms with Gasteiger partial charge in [0.15, 0.2) is 10.3 Å². The zero-order valence-electron chi connectivity index (χ0n) is 45.2. The number of nitrogens with one attached hydrogen (secondary N) is 7. The normalized spacial score (nSPS) is 17.1. The summed E-state index contributed by atoms with van der Waals surface area (Å²) in [6.45, 7) is 16.7. The number of aromatic amines is 5. The predicted octanol–water partition coefficient (Wildman–Crippen LogP) is 12.1. The van der Waals surface area contributed by atoms with Gasteiger partial charge in [0.2, 0.25) is 0 Å². The fourth-order valence-electron chi connectivity index (χ4n) is 9.46. The maximum Gasteiger partial charge on any atom is 0.409 e. The lowest BCUT2D eigenvalue weighted by molar-refractivity contribution is 0.0959. The Morgan fingerprint density at radius 3 is 1.11 bits per heavy atom. The molecule has 80 heavy (non-hydrogen) atoms. The van der Waals surface area contributed by atoms with E-state index in [0.29, 0.717) is 101 Å². The molecule has 7 N–H and O–H groups in total. The van der Waals surface area contributed by atoms with E-state index in [1.54, 1.807) is 46.3 Å². The average Bonchev–Trinajstić information content (AvgIpc) is 4.36. The maximum absolute atomic E-state index is 11.5. The zero-order chi connectivity index (χ0) is 57.1. The van der Waals surface area contributed by atoms with E-state index in [1.807, 2.05) is 20.0 Å². The summed E-state index contributed by atoms with van der Waals surface area (Å²) in [4.78, 5) is 76.0. The van der Waals surface area contributed by atoms with Gasteiger partial charge in [0.25, 0.3) is 0 Å². The number of hydrogen-bond acceptors (Lipinski definition) is 14. The van der Waals surface area contributed by atoms with Crippen molar-refractivity contribution in [2.75, 3.05) is 85.3 Å². The van der Waals surface area contributed by atoms with E-state index in [-0.39, 0.29) is 31.6 Å². The first-order valence-electron chi connectivity index (χ1n) is 26.9. The number of H-pyrrole nitrogens is 5. The molecule has 0 spiro atoms. The molecule has 28 heteroatoms. The molecule has 0 aliphatic carbocycles. The van der Waals surface area contributed by atoms with Gasteiger partial charge in [0.05, 0.1) is 38.3 Å². The molecular weight excluding hydrogens is 1160 g/mol. The number of carbonyl (C=O) groups excluding carboxylic acids is 3. The molecule has 5 aromatic rings. The lowest BCUT2D eigenvalue weighted by Gasteiger charge is -2.30. The highest BCUT2D eigenvalue weighted by atomic mass is 35.5. The van der Waals surface area contributed by atoms with Crippen molar-refractivity contribution < 1.29 is 28.6 Å². The third-order valence-corrected chi connectivity index (χ3v) is 15.3. The molecular formula is C52H78Cl6N16O6. The van der Waals surface area contributed by atoms with Crippen molar-refractivity contribution in [2.24, 2.45) is 0 Å². The first-order chi connectivity index (χ1) is 38.2. The molecule has 0 radical (unpaired) electrons. The molecule has 5 aliphatic rings. The number of hydrogen-bond donors (Lipinski definition) is 7. The van der Waals surface area contributed by atoms with Gasteiger partial charge in [-0.3, -0.25) is 0 Å². The number of amides is 3. The highest BCUT2D eigenvalue weighted by molar-refractivity contribution is 6.41. The summed E-state index contributed by atoms with van der Waals surface area (Å²) in [5.74, 6) is 6.83. The lowest BCUT2D eigenvalue weighted by Crippen LogP contribution is -2.38. The van der Waals surface area contributed by atoms with Crippen molar-refractivity contribution in [3.8, 4) is 6.07 Å². The standard InChI is InChI=1S/C11H15Cl2N3O2.C11H16ClN3O2.C11H17N3O2.C8H11Cl2N3.C8H12ClN3.C2H3N.CH4/c1-2-18-11(17)16-5-3-7(4-6-16)10-14-8(12)9(13)15-10;1-2-17-11(16)15-5-3-8(4-6-15)10-13-7-9(12)14-10;1-2-16-11(15)14-7-3-9(4-8-14)10-12-5-6-13-10;9-6-7(10)13-8(12-6)5-1-3-11-4-2-5;9-7-5-11-8(12-7)6-1-3-10-4-2-6;1-2-3;/h7H,2-6H2,1H3,(H,14,15);7-8H,2-6H2,1H3,(H,13,14);5-6,9H,2-4,7-8H2,1H3,(H,12,13);5,11H,1-4H2,(H,12,13);5-6,10H,1-4H2,(H,11,12);1H3;1H4. The van der Waals surface area contributed by atoms with Gasteiger partial charge in [0, 0.05) is 88.2 Å². The second-order valence-corrected chi connectivity index (χ2v) is 21.1. The summed E-state index contributed by atoms with van der Waals surface area (Å²) in [7, 11) is 0. The number of rotatable bonds is 8. The molecule has 10 heterocycles. The summed E-state index contributed by atoms with van der Waals surface area (Å²) in [5, 5.41) is 16.7. The Morgan fingerprint density at radius 2 is 0.838 bits per heavy atom. The quantitative estimate of drug-likeness (QED) is 0.0712. The number of likely N-dealkylation sites (tertiary alicyclic amines) is 3. The number of halogens is 6. The number of imidazole rings is 5. The molecule has 5 aliphatic heterocycles. The van der Waals surface area contributed by atoms with Crippen LogP contribution in [0.5, 0.6) is 0 Å². The molecule has 10 rings (SSSR count). The van der Waals surface area contributed by atoms with Crippen molar-refractivity contribution in [3.63, 3.8) is 0 Å². The number of aromatic nitrogens is 10. The summed E-state index contributed by atoms with van der Waals surface area (Å²) < 4.78 is 14.9. The van der Waals surface area contributed by atoms with Crippen molar-refractivity contribution in [3.05, 3.63) is 84.8 Å². The lowest BCUT2D eigenvalue weighted by atomic mass is 9.96. The van der Waals surface area contributed by atoms with Crippen LogP contribution in [0.15, 0.2) is 24.8 Å². The van der Waals surface area contributed by atoms with Gasteiger partial charge in [-0.1, -0.05) is 77.0 Å². The van der Waals surface area contributed by atoms with Gasteiger partial charge < -0.3 is 64.5 Å². The SMILES string of the molecule is C.CC#N.CCOC(=O)N1CCC(c2nc(Cl)c(Cl)[nH]2)CC1.CCOC(=O)N1CCC(c2ncc(Cl)[nH]2)CC1.CCOC(=O)N1CCC(c2ncc[nH]2)CC1.Clc1cnc(C2CCNCC2)[nH]1.Clc1nc(C2CCNCC2)[nH]c1Cl. The minimum atomic E-state index is -0.244. The van der Waals surface area contributed by atoms with Crippen molar-refractivity contribution >= 4 is 87.9 Å². The van der Waals surface area contributed by atoms with Gasteiger partial charge >= 0.3 is 18.3 Å². The summed E-state index contributed by atoms with van der Waals surface area (Å²) in [6, 6.07) is 1.75. The van der Waals surface area contributed by atoms with Gasteiger partial charge in [-0.15, -0.1) is 0 Å². The summed E-state index contributed by atoms with van der Waals surface area (Å²) >= 11 is 34.7. The average molecular weight is 1240 g/mol. The van der Waals surface area contributed by atoms with E-state index in [1.165, 1.54) is 6.92 Å². The Bertz CT molecular complexity index is 2530. The van der Waals surface area contributed by atoms with E-state index >= 15 is 0 Å². The molecule has 0 bridgehead atoms. The van der Waals surface area contributed by atoms with Gasteiger partial charge in [-0.05, 0) is 111 Å². The number of carbonyl (C=O) groups is 3. The van der Waals surface area contributed by atoms with Gasteiger partial charge in [-0.2, -0.15) is 5.26 Å². The Balaban J connectivity index is 0.000000213. The van der Waals surface area contributed by atoms with E-state index in [9.17, 15) is 14.4 Å². The largest absolute Gasteiger partial charge is 0.450 e. The van der Waals surface area contributed by atoms with Crippen LogP contribution >= 0.6 is 69.6 Å². The summed E-state index contributed by atoms with van der Waals surface area (Å²) in [6.07, 6.45) is 16.1. The van der Waals surface area contributed by atoms with Gasteiger partial charge in [0.1, 0.15) is 49.7 Å². The molecule has 5 saturated heterocycles. The van der Waals surface area contributed by atoms with Crippen molar-refractivity contribution in [1.29, 1.82) is 5.26 Å².